The Kier molecular flexibility index (Phi) is 5.55. The molecular formula is C25H19N5OS. The predicted molar refractivity (Wildman–Crippen MR) is 129 cm³/mol. The molecule has 6 nitrogen and oxygen atoms in total. The summed E-state index contributed by atoms with van der Waals surface area (Å²) < 4.78 is 0. The molecule has 3 aromatic heterocycles. The van der Waals surface area contributed by atoms with Crippen molar-refractivity contribution in [2.75, 3.05) is 10.6 Å². The number of fused-ring (bicyclic) bond motifs is 1. The van der Waals surface area contributed by atoms with Gasteiger partial charge in [-0.2, -0.15) is 0 Å². The number of amides is 1. The van der Waals surface area contributed by atoms with Crippen LogP contribution >= 0.6 is 11.3 Å². The molecule has 0 saturated carbocycles. The average Bonchev–Trinajstić information content (AvgIpc) is 3.29. The van der Waals surface area contributed by atoms with Gasteiger partial charge < -0.3 is 10.6 Å². The quantitative estimate of drug-likeness (QED) is 0.360. The number of hydrogen-bond donors (Lipinski definition) is 2. The molecule has 1 amide bonds. The van der Waals surface area contributed by atoms with Crippen molar-refractivity contribution in [2.24, 2.45) is 0 Å². The van der Waals surface area contributed by atoms with Gasteiger partial charge in [0, 0.05) is 41.1 Å². The maximum absolute atomic E-state index is 12.4. The summed E-state index contributed by atoms with van der Waals surface area (Å²) in [6, 6.07) is 21.4. The third-order valence-electron chi connectivity index (χ3n) is 5.04. The first-order valence-electron chi connectivity index (χ1n) is 10.1. The van der Waals surface area contributed by atoms with E-state index < -0.39 is 0 Å². The number of carbonyl (C=O) groups excluding carboxylic acids is 1. The first-order valence-corrected chi connectivity index (χ1v) is 11.0. The summed E-state index contributed by atoms with van der Waals surface area (Å²) in [6.07, 6.45) is 4.79. The number of anilines is 2. The summed E-state index contributed by atoms with van der Waals surface area (Å²) >= 11 is 1.61. The lowest BCUT2D eigenvalue weighted by Gasteiger charge is -2.10. The van der Waals surface area contributed by atoms with Crippen molar-refractivity contribution < 1.29 is 4.79 Å². The summed E-state index contributed by atoms with van der Waals surface area (Å²) in [4.78, 5) is 26.2. The molecule has 2 N–H and O–H groups in total. The minimum Gasteiger partial charge on any atom is -0.365 e. The van der Waals surface area contributed by atoms with Crippen LogP contribution in [0.2, 0.25) is 0 Å². The van der Waals surface area contributed by atoms with Crippen molar-refractivity contribution in [3.63, 3.8) is 0 Å². The number of pyridine rings is 1. The number of aromatic nitrogens is 3. The predicted octanol–water partition coefficient (Wildman–Crippen LogP) is 5.62. The molecule has 0 spiro atoms. The number of carbonyl (C=O) groups is 1. The van der Waals surface area contributed by atoms with Crippen molar-refractivity contribution >= 4 is 39.0 Å². The highest BCUT2D eigenvalue weighted by Crippen LogP contribution is 2.36. The molecule has 0 saturated heterocycles. The topological polar surface area (TPSA) is 79.8 Å². The summed E-state index contributed by atoms with van der Waals surface area (Å²) in [5.74, 6) is 0.627. The standard InChI is InChI=1S/C25H19N5OS/c31-24(19-9-11-26-12-10-19)30-20-8-4-5-17(13-20)14-27-23-22-21(18-6-2-1-3-7-18)15-32-25(22)29-16-28-23/h1-13,15-16H,14H2,(H,30,31)(H,27,28,29). The molecule has 5 aromatic rings. The van der Waals surface area contributed by atoms with Crippen LogP contribution in [-0.4, -0.2) is 20.9 Å². The molecule has 2 aromatic carbocycles. The molecule has 0 bridgehead atoms. The number of hydrogen-bond acceptors (Lipinski definition) is 6. The lowest BCUT2D eigenvalue weighted by molar-refractivity contribution is 0.102. The highest BCUT2D eigenvalue weighted by Gasteiger charge is 2.13. The monoisotopic (exact) mass is 437 g/mol. The molecule has 7 heteroatoms. The summed E-state index contributed by atoms with van der Waals surface area (Å²) in [5.41, 5.74) is 4.59. The zero-order valence-electron chi connectivity index (χ0n) is 17.0. The zero-order chi connectivity index (χ0) is 21.8. The van der Waals surface area contributed by atoms with E-state index in [0.29, 0.717) is 12.1 Å². The molecule has 0 aliphatic rings. The minimum atomic E-state index is -0.166. The third-order valence-corrected chi connectivity index (χ3v) is 5.93. The normalized spacial score (nSPS) is 10.8. The summed E-state index contributed by atoms with van der Waals surface area (Å²) in [6.45, 7) is 0.565. The molecular weight excluding hydrogens is 418 g/mol. The zero-order valence-corrected chi connectivity index (χ0v) is 17.8. The average molecular weight is 438 g/mol. The van der Waals surface area contributed by atoms with Crippen molar-refractivity contribution in [1.82, 2.24) is 15.0 Å². The summed E-state index contributed by atoms with van der Waals surface area (Å²) in [5, 5.41) is 9.52. The number of nitrogens with zero attached hydrogens (tertiary/aromatic N) is 3. The van der Waals surface area contributed by atoms with Crippen LogP contribution in [0.25, 0.3) is 21.3 Å². The Labute approximate surface area is 189 Å². The number of nitrogens with one attached hydrogen (secondary N) is 2. The first kappa shape index (κ1) is 19.8. The van der Waals surface area contributed by atoms with Gasteiger partial charge in [0.2, 0.25) is 0 Å². The van der Waals surface area contributed by atoms with Gasteiger partial charge in [-0.3, -0.25) is 9.78 Å². The second kappa shape index (κ2) is 8.95. The molecule has 156 valence electrons. The van der Waals surface area contributed by atoms with Crippen molar-refractivity contribution in [1.29, 1.82) is 0 Å². The van der Waals surface area contributed by atoms with Crippen LogP contribution < -0.4 is 10.6 Å². The minimum absolute atomic E-state index is 0.166. The Bertz CT molecular complexity index is 1370. The van der Waals surface area contributed by atoms with Crippen LogP contribution in [-0.2, 0) is 6.54 Å². The van der Waals surface area contributed by atoms with E-state index in [1.54, 1.807) is 42.2 Å². The Morgan fingerprint density at radius 1 is 0.938 bits per heavy atom. The molecule has 0 aliphatic heterocycles. The Morgan fingerprint density at radius 2 is 1.78 bits per heavy atom. The highest BCUT2D eigenvalue weighted by molar-refractivity contribution is 7.17. The maximum Gasteiger partial charge on any atom is 0.255 e. The lowest BCUT2D eigenvalue weighted by Crippen LogP contribution is -2.12. The highest BCUT2D eigenvalue weighted by atomic mass is 32.1. The third kappa shape index (κ3) is 4.19. The molecule has 3 heterocycles. The molecule has 0 aliphatic carbocycles. The number of rotatable bonds is 6. The molecule has 0 radical (unpaired) electrons. The fourth-order valence-corrected chi connectivity index (χ4v) is 4.41. The van der Waals surface area contributed by atoms with Gasteiger partial charge in [0.1, 0.15) is 17.0 Å². The van der Waals surface area contributed by atoms with Gasteiger partial charge in [-0.15, -0.1) is 11.3 Å². The second-order valence-corrected chi connectivity index (χ2v) is 8.02. The van der Waals surface area contributed by atoms with Crippen LogP contribution in [0.5, 0.6) is 0 Å². The van der Waals surface area contributed by atoms with Gasteiger partial charge in [-0.05, 0) is 35.4 Å². The lowest BCUT2D eigenvalue weighted by atomic mass is 10.1. The van der Waals surface area contributed by atoms with Crippen LogP contribution in [0.1, 0.15) is 15.9 Å². The second-order valence-electron chi connectivity index (χ2n) is 7.16. The van der Waals surface area contributed by atoms with E-state index in [-0.39, 0.29) is 5.91 Å². The summed E-state index contributed by atoms with van der Waals surface area (Å²) in [7, 11) is 0. The van der Waals surface area contributed by atoms with Crippen LogP contribution in [0, 0.1) is 0 Å². The van der Waals surface area contributed by atoms with Gasteiger partial charge in [0.15, 0.2) is 0 Å². The van der Waals surface area contributed by atoms with E-state index >= 15 is 0 Å². The van der Waals surface area contributed by atoms with Crippen LogP contribution in [0.15, 0.2) is 90.8 Å². The Balaban J connectivity index is 1.36. The van der Waals surface area contributed by atoms with E-state index in [2.05, 4.69) is 43.1 Å². The SMILES string of the molecule is O=C(Nc1cccc(CNc2ncnc3scc(-c4ccccc4)c23)c1)c1ccncc1. The molecule has 32 heavy (non-hydrogen) atoms. The van der Waals surface area contributed by atoms with E-state index in [0.717, 1.165) is 38.4 Å². The van der Waals surface area contributed by atoms with E-state index in [9.17, 15) is 4.79 Å². The van der Waals surface area contributed by atoms with Crippen molar-refractivity contribution in [3.8, 4) is 11.1 Å². The molecule has 0 atom stereocenters. The van der Waals surface area contributed by atoms with Gasteiger partial charge in [0.25, 0.3) is 5.91 Å². The van der Waals surface area contributed by atoms with Gasteiger partial charge in [0.05, 0.1) is 5.39 Å². The maximum atomic E-state index is 12.4. The molecule has 5 rings (SSSR count). The van der Waals surface area contributed by atoms with E-state index in [1.165, 1.54) is 0 Å². The Morgan fingerprint density at radius 3 is 2.62 bits per heavy atom. The fraction of sp³-hybridized carbons (Fsp3) is 0.0400. The van der Waals surface area contributed by atoms with Crippen LogP contribution in [0.4, 0.5) is 11.5 Å². The molecule has 0 unspecified atom stereocenters. The number of thiophene rings is 1. The molecule has 0 fully saturated rings. The van der Waals surface area contributed by atoms with Gasteiger partial charge in [-0.1, -0.05) is 42.5 Å². The van der Waals surface area contributed by atoms with E-state index in [1.807, 2.05) is 42.5 Å². The fourth-order valence-electron chi connectivity index (χ4n) is 3.49. The van der Waals surface area contributed by atoms with Crippen molar-refractivity contribution in [3.05, 3.63) is 102 Å². The van der Waals surface area contributed by atoms with Crippen molar-refractivity contribution in [2.45, 2.75) is 6.54 Å². The van der Waals surface area contributed by atoms with Gasteiger partial charge >= 0.3 is 0 Å². The van der Waals surface area contributed by atoms with Gasteiger partial charge in [-0.25, -0.2) is 9.97 Å². The first-order chi connectivity index (χ1) is 15.8. The number of benzene rings is 2. The van der Waals surface area contributed by atoms with Crippen LogP contribution in [0.3, 0.4) is 0 Å². The smallest absolute Gasteiger partial charge is 0.255 e. The van der Waals surface area contributed by atoms with E-state index in [4.69, 9.17) is 0 Å². The largest absolute Gasteiger partial charge is 0.365 e. The Hall–Kier alpha value is -4.10.